The molecule has 20 heavy (non-hydrogen) atoms. The molecule has 2 rings (SSSR count). The van der Waals surface area contributed by atoms with E-state index in [1.807, 2.05) is 36.4 Å². The van der Waals surface area contributed by atoms with Crippen LogP contribution in [0.15, 0.2) is 43.0 Å². The molecule has 1 saturated carbocycles. The second-order valence-corrected chi connectivity index (χ2v) is 5.52. The molecule has 0 saturated heterocycles. The van der Waals surface area contributed by atoms with E-state index in [2.05, 4.69) is 11.9 Å². The van der Waals surface area contributed by atoms with Crippen LogP contribution in [0.1, 0.15) is 44.1 Å². The van der Waals surface area contributed by atoms with E-state index in [1.165, 1.54) is 6.42 Å². The van der Waals surface area contributed by atoms with Gasteiger partial charge in [0.15, 0.2) is 0 Å². The Morgan fingerprint density at radius 2 is 1.95 bits per heavy atom. The van der Waals surface area contributed by atoms with Crippen LogP contribution in [0.2, 0.25) is 0 Å². The van der Waals surface area contributed by atoms with Crippen molar-refractivity contribution >= 4 is 6.09 Å². The van der Waals surface area contributed by atoms with Crippen LogP contribution < -0.4 is 5.32 Å². The molecule has 1 N–H and O–H groups in total. The third-order valence-corrected chi connectivity index (χ3v) is 3.93. The minimum atomic E-state index is -0.322. The molecule has 0 atom stereocenters. The van der Waals surface area contributed by atoms with Gasteiger partial charge in [0.25, 0.3) is 0 Å². The number of hydrogen-bond acceptors (Lipinski definition) is 2. The fraction of sp³-hybridized carbons (Fsp3) is 0.471. The summed E-state index contributed by atoms with van der Waals surface area (Å²) >= 11 is 0. The lowest BCUT2D eigenvalue weighted by Gasteiger charge is -2.37. The van der Waals surface area contributed by atoms with Gasteiger partial charge in [-0.15, -0.1) is 6.58 Å². The number of carbonyl (C=O) groups excluding carboxylic acids is 1. The standard InChI is InChI=1S/C17H23NO2/c1-2-11-17(12-7-4-8-13-17)18-16(19)20-14-15-9-5-3-6-10-15/h2-3,5-6,9-10H,1,4,7-8,11-14H2,(H,18,19). The summed E-state index contributed by atoms with van der Waals surface area (Å²) in [7, 11) is 0. The molecular formula is C17H23NO2. The van der Waals surface area contributed by atoms with Crippen molar-refractivity contribution in [2.75, 3.05) is 0 Å². The highest BCUT2D eigenvalue weighted by Crippen LogP contribution is 2.31. The SMILES string of the molecule is C=CCC1(NC(=O)OCc2ccccc2)CCCCC1. The van der Waals surface area contributed by atoms with Crippen LogP contribution in [0, 0.1) is 0 Å². The lowest BCUT2D eigenvalue weighted by atomic mass is 9.79. The summed E-state index contributed by atoms with van der Waals surface area (Å²) < 4.78 is 5.32. The van der Waals surface area contributed by atoms with Gasteiger partial charge in [-0.3, -0.25) is 0 Å². The molecule has 0 spiro atoms. The van der Waals surface area contributed by atoms with E-state index in [1.54, 1.807) is 0 Å². The van der Waals surface area contributed by atoms with E-state index >= 15 is 0 Å². The Bertz CT molecular complexity index is 436. The van der Waals surface area contributed by atoms with E-state index in [9.17, 15) is 4.79 Å². The molecular weight excluding hydrogens is 250 g/mol. The Labute approximate surface area is 121 Å². The van der Waals surface area contributed by atoms with Gasteiger partial charge in [0.1, 0.15) is 6.61 Å². The molecule has 1 aliphatic rings. The van der Waals surface area contributed by atoms with Gasteiger partial charge in [0, 0.05) is 5.54 Å². The molecule has 0 aromatic heterocycles. The zero-order valence-corrected chi connectivity index (χ0v) is 11.9. The van der Waals surface area contributed by atoms with Gasteiger partial charge in [-0.1, -0.05) is 55.7 Å². The fourth-order valence-corrected chi connectivity index (χ4v) is 2.86. The van der Waals surface area contributed by atoms with Gasteiger partial charge in [-0.2, -0.15) is 0 Å². The average molecular weight is 273 g/mol. The number of nitrogens with one attached hydrogen (secondary N) is 1. The number of carbonyl (C=O) groups is 1. The highest BCUT2D eigenvalue weighted by Gasteiger charge is 2.32. The topological polar surface area (TPSA) is 38.3 Å². The molecule has 1 aromatic carbocycles. The zero-order chi connectivity index (χ0) is 14.3. The van der Waals surface area contributed by atoms with Crippen LogP contribution >= 0.6 is 0 Å². The third-order valence-electron chi connectivity index (χ3n) is 3.93. The van der Waals surface area contributed by atoms with E-state index in [-0.39, 0.29) is 11.6 Å². The molecule has 1 fully saturated rings. The van der Waals surface area contributed by atoms with Crippen LogP contribution in [0.3, 0.4) is 0 Å². The van der Waals surface area contributed by atoms with Crippen molar-refractivity contribution in [2.24, 2.45) is 0 Å². The number of benzene rings is 1. The van der Waals surface area contributed by atoms with Crippen molar-refractivity contribution in [3.05, 3.63) is 48.6 Å². The maximum atomic E-state index is 12.0. The summed E-state index contributed by atoms with van der Waals surface area (Å²) in [6, 6.07) is 9.74. The van der Waals surface area contributed by atoms with E-state index in [0.717, 1.165) is 37.7 Å². The largest absolute Gasteiger partial charge is 0.445 e. The molecule has 1 amide bonds. The first-order valence-electron chi connectivity index (χ1n) is 7.34. The first-order valence-corrected chi connectivity index (χ1v) is 7.34. The van der Waals surface area contributed by atoms with Gasteiger partial charge in [0.2, 0.25) is 0 Å². The maximum Gasteiger partial charge on any atom is 0.407 e. The van der Waals surface area contributed by atoms with Gasteiger partial charge >= 0.3 is 6.09 Å². The number of alkyl carbamates (subject to hydrolysis) is 1. The van der Waals surface area contributed by atoms with Crippen molar-refractivity contribution in [3.8, 4) is 0 Å². The van der Waals surface area contributed by atoms with Crippen LogP contribution in [0.5, 0.6) is 0 Å². The quantitative estimate of drug-likeness (QED) is 0.817. The van der Waals surface area contributed by atoms with E-state index < -0.39 is 0 Å². The Morgan fingerprint density at radius 1 is 1.25 bits per heavy atom. The second kappa shape index (κ2) is 7.13. The van der Waals surface area contributed by atoms with Crippen LogP contribution in [0.25, 0.3) is 0 Å². The summed E-state index contributed by atoms with van der Waals surface area (Å²) in [6.45, 7) is 4.12. The number of ether oxygens (including phenoxy) is 1. The molecule has 3 heteroatoms. The number of amides is 1. The Kier molecular flexibility index (Phi) is 5.22. The Morgan fingerprint density at radius 3 is 2.60 bits per heavy atom. The van der Waals surface area contributed by atoms with Crippen LogP contribution in [-0.2, 0) is 11.3 Å². The minimum absolute atomic E-state index is 0.145. The maximum absolute atomic E-state index is 12.0. The molecule has 0 unspecified atom stereocenters. The molecule has 1 aliphatic carbocycles. The predicted octanol–water partition coefficient (Wildman–Crippen LogP) is 4.19. The van der Waals surface area contributed by atoms with Gasteiger partial charge in [0.05, 0.1) is 0 Å². The zero-order valence-electron chi connectivity index (χ0n) is 11.9. The number of rotatable bonds is 5. The van der Waals surface area contributed by atoms with E-state index in [0.29, 0.717) is 6.61 Å². The van der Waals surface area contributed by atoms with Gasteiger partial charge in [-0.25, -0.2) is 4.79 Å². The molecule has 3 nitrogen and oxygen atoms in total. The molecule has 0 radical (unpaired) electrons. The molecule has 108 valence electrons. The summed E-state index contributed by atoms with van der Waals surface area (Å²) in [5.74, 6) is 0. The number of hydrogen-bond donors (Lipinski definition) is 1. The van der Waals surface area contributed by atoms with Crippen LogP contribution in [-0.4, -0.2) is 11.6 Å². The van der Waals surface area contributed by atoms with E-state index in [4.69, 9.17) is 4.74 Å². The summed E-state index contributed by atoms with van der Waals surface area (Å²) in [5, 5.41) is 3.07. The lowest BCUT2D eigenvalue weighted by Crippen LogP contribution is -2.49. The Hall–Kier alpha value is -1.77. The summed E-state index contributed by atoms with van der Waals surface area (Å²) in [4.78, 5) is 12.0. The lowest BCUT2D eigenvalue weighted by molar-refractivity contribution is 0.118. The van der Waals surface area contributed by atoms with Crippen molar-refractivity contribution < 1.29 is 9.53 Å². The van der Waals surface area contributed by atoms with Crippen molar-refractivity contribution in [3.63, 3.8) is 0 Å². The minimum Gasteiger partial charge on any atom is -0.445 e. The Balaban J connectivity index is 1.86. The average Bonchev–Trinajstić information content (AvgIpc) is 2.47. The molecule has 1 aromatic rings. The van der Waals surface area contributed by atoms with Gasteiger partial charge < -0.3 is 10.1 Å². The predicted molar refractivity (Wildman–Crippen MR) is 80.4 cm³/mol. The van der Waals surface area contributed by atoms with Crippen LogP contribution in [0.4, 0.5) is 4.79 Å². The van der Waals surface area contributed by atoms with Crippen molar-refractivity contribution in [2.45, 2.75) is 50.7 Å². The normalized spacial score (nSPS) is 17.2. The fourth-order valence-electron chi connectivity index (χ4n) is 2.86. The second-order valence-electron chi connectivity index (χ2n) is 5.52. The van der Waals surface area contributed by atoms with Crippen molar-refractivity contribution in [1.29, 1.82) is 0 Å². The highest BCUT2D eigenvalue weighted by atomic mass is 16.5. The first-order chi connectivity index (χ1) is 9.74. The monoisotopic (exact) mass is 273 g/mol. The molecule has 0 heterocycles. The summed E-state index contributed by atoms with van der Waals surface area (Å²) in [5.41, 5.74) is 0.859. The molecule has 0 aliphatic heterocycles. The van der Waals surface area contributed by atoms with Crippen molar-refractivity contribution in [1.82, 2.24) is 5.32 Å². The third kappa shape index (κ3) is 4.12. The smallest absolute Gasteiger partial charge is 0.407 e. The highest BCUT2D eigenvalue weighted by molar-refractivity contribution is 5.68. The summed E-state index contributed by atoms with van der Waals surface area (Å²) in [6.07, 6.45) is 7.98. The molecule has 0 bridgehead atoms. The first kappa shape index (κ1) is 14.6. The van der Waals surface area contributed by atoms with Gasteiger partial charge in [-0.05, 0) is 24.8 Å².